The summed E-state index contributed by atoms with van der Waals surface area (Å²) in [5.41, 5.74) is 3.00. The van der Waals surface area contributed by atoms with Gasteiger partial charge in [-0.05, 0) is 55.7 Å². The van der Waals surface area contributed by atoms with E-state index in [1.54, 1.807) is 23.1 Å². The first-order valence-corrected chi connectivity index (χ1v) is 10.2. The summed E-state index contributed by atoms with van der Waals surface area (Å²) in [6, 6.07) is 22.8. The summed E-state index contributed by atoms with van der Waals surface area (Å²) in [4.78, 5) is 27.2. The third-order valence-electron chi connectivity index (χ3n) is 5.14. The van der Waals surface area contributed by atoms with E-state index in [9.17, 15) is 9.59 Å². The Bertz CT molecular complexity index is 1060. The van der Waals surface area contributed by atoms with Gasteiger partial charge in [-0.1, -0.05) is 42.5 Å². The molecule has 0 radical (unpaired) electrons. The number of benzene rings is 3. The van der Waals surface area contributed by atoms with Crippen molar-refractivity contribution >= 4 is 23.2 Å². The number of nitrogens with one attached hydrogen (secondary N) is 1. The fourth-order valence-corrected chi connectivity index (χ4v) is 3.64. The standard InChI is InChI=1S/C25H24N2O3/c1-2-27-21-12-6-7-13-23(21)30-22-16-15-19(17-20(22)25(27)29)26-24(28)14-8-11-18-9-4-3-5-10-18/h3-7,9-10,12-13,15-17H,2,8,11,14H2,1H3,(H,26,28). The van der Waals surface area contributed by atoms with E-state index in [1.807, 2.05) is 49.4 Å². The smallest absolute Gasteiger partial charge is 0.262 e. The van der Waals surface area contributed by atoms with Crippen LogP contribution in [-0.2, 0) is 11.2 Å². The van der Waals surface area contributed by atoms with Crippen molar-refractivity contribution in [2.75, 3.05) is 16.8 Å². The number of ether oxygens (including phenoxy) is 1. The summed E-state index contributed by atoms with van der Waals surface area (Å²) < 4.78 is 6.00. The van der Waals surface area contributed by atoms with Gasteiger partial charge in [-0.25, -0.2) is 0 Å². The second-order valence-electron chi connectivity index (χ2n) is 7.22. The zero-order valence-electron chi connectivity index (χ0n) is 16.9. The van der Waals surface area contributed by atoms with Crippen molar-refractivity contribution in [1.82, 2.24) is 0 Å². The van der Waals surface area contributed by atoms with Crippen LogP contribution in [0.3, 0.4) is 0 Å². The topological polar surface area (TPSA) is 58.6 Å². The Labute approximate surface area is 176 Å². The highest BCUT2D eigenvalue weighted by Gasteiger charge is 2.27. The molecule has 2 amide bonds. The maximum atomic E-state index is 13.1. The van der Waals surface area contributed by atoms with E-state index in [0.717, 1.165) is 18.5 Å². The average molecular weight is 400 g/mol. The van der Waals surface area contributed by atoms with Gasteiger partial charge >= 0.3 is 0 Å². The van der Waals surface area contributed by atoms with Gasteiger partial charge in [0.15, 0.2) is 5.75 Å². The van der Waals surface area contributed by atoms with E-state index >= 15 is 0 Å². The van der Waals surface area contributed by atoms with Gasteiger partial charge in [0.05, 0.1) is 11.3 Å². The number of hydrogen-bond acceptors (Lipinski definition) is 3. The molecule has 0 spiro atoms. The lowest BCUT2D eigenvalue weighted by Crippen LogP contribution is -2.29. The number of amides is 2. The fourth-order valence-electron chi connectivity index (χ4n) is 3.64. The molecule has 30 heavy (non-hydrogen) atoms. The van der Waals surface area contributed by atoms with E-state index in [1.165, 1.54) is 5.56 Å². The third kappa shape index (κ3) is 4.20. The van der Waals surface area contributed by atoms with Crippen LogP contribution in [0.2, 0.25) is 0 Å². The Balaban J connectivity index is 1.47. The summed E-state index contributed by atoms with van der Waals surface area (Å²) in [5.74, 6) is 0.927. The lowest BCUT2D eigenvalue weighted by atomic mass is 10.1. The Hall–Kier alpha value is -3.60. The van der Waals surface area contributed by atoms with Gasteiger partial charge in [0.1, 0.15) is 5.75 Å². The molecule has 5 nitrogen and oxygen atoms in total. The molecule has 4 rings (SSSR count). The van der Waals surface area contributed by atoms with Gasteiger partial charge in [-0.15, -0.1) is 0 Å². The highest BCUT2D eigenvalue weighted by molar-refractivity contribution is 6.10. The predicted molar refractivity (Wildman–Crippen MR) is 118 cm³/mol. The van der Waals surface area contributed by atoms with Crippen molar-refractivity contribution in [1.29, 1.82) is 0 Å². The number of anilines is 2. The Kier molecular flexibility index (Phi) is 5.80. The molecule has 0 unspecified atom stereocenters. The van der Waals surface area contributed by atoms with Crippen molar-refractivity contribution in [3.8, 4) is 11.5 Å². The van der Waals surface area contributed by atoms with Crippen molar-refractivity contribution in [2.45, 2.75) is 26.2 Å². The molecule has 1 heterocycles. The SMILES string of the molecule is CCN1C(=O)c2cc(NC(=O)CCCc3ccccc3)ccc2Oc2ccccc21. The molecule has 0 saturated carbocycles. The number of carbonyl (C=O) groups is 2. The van der Waals surface area contributed by atoms with Crippen molar-refractivity contribution in [2.24, 2.45) is 0 Å². The first-order valence-electron chi connectivity index (χ1n) is 10.2. The van der Waals surface area contributed by atoms with Crippen LogP contribution < -0.4 is 15.0 Å². The van der Waals surface area contributed by atoms with Crippen LogP contribution in [0.25, 0.3) is 0 Å². The molecule has 0 aliphatic carbocycles. The van der Waals surface area contributed by atoms with E-state index < -0.39 is 0 Å². The van der Waals surface area contributed by atoms with Gasteiger partial charge in [0, 0.05) is 18.7 Å². The molecule has 152 valence electrons. The quantitative estimate of drug-likeness (QED) is 0.601. The van der Waals surface area contributed by atoms with Crippen LogP contribution in [0.15, 0.2) is 72.8 Å². The Morgan fingerprint density at radius 1 is 0.967 bits per heavy atom. The maximum Gasteiger partial charge on any atom is 0.262 e. The minimum atomic E-state index is -0.141. The number of rotatable bonds is 6. The molecule has 0 saturated heterocycles. The third-order valence-corrected chi connectivity index (χ3v) is 5.14. The molecule has 0 atom stereocenters. The van der Waals surface area contributed by atoms with E-state index in [2.05, 4.69) is 17.4 Å². The fraction of sp³-hybridized carbons (Fsp3) is 0.200. The van der Waals surface area contributed by atoms with Gasteiger partial charge in [0.2, 0.25) is 5.91 Å². The molecule has 3 aromatic carbocycles. The number of aryl methyl sites for hydroxylation is 1. The molecular weight excluding hydrogens is 376 g/mol. The molecule has 0 aromatic heterocycles. The molecule has 0 bridgehead atoms. The highest BCUT2D eigenvalue weighted by atomic mass is 16.5. The lowest BCUT2D eigenvalue weighted by Gasteiger charge is -2.19. The monoisotopic (exact) mass is 400 g/mol. The number of para-hydroxylation sites is 2. The van der Waals surface area contributed by atoms with Gasteiger partial charge in [0.25, 0.3) is 5.91 Å². The number of nitrogens with zero attached hydrogens (tertiary/aromatic N) is 1. The minimum Gasteiger partial charge on any atom is -0.454 e. The number of hydrogen-bond donors (Lipinski definition) is 1. The van der Waals surface area contributed by atoms with Crippen LogP contribution >= 0.6 is 0 Å². The van der Waals surface area contributed by atoms with E-state index in [4.69, 9.17) is 4.74 Å². The Morgan fingerprint density at radius 2 is 1.73 bits per heavy atom. The Morgan fingerprint density at radius 3 is 2.53 bits per heavy atom. The largest absolute Gasteiger partial charge is 0.454 e. The van der Waals surface area contributed by atoms with Crippen molar-refractivity contribution < 1.29 is 14.3 Å². The van der Waals surface area contributed by atoms with Gasteiger partial charge < -0.3 is 15.0 Å². The zero-order valence-corrected chi connectivity index (χ0v) is 16.9. The lowest BCUT2D eigenvalue weighted by molar-refractivity contribution is -0.116. The molecule has 0 fully saturated rings. The van der Waals surface area contributed by atoms with E-state index in [-0.39, 0.29) is 11.8 Å². The molecule has 1 aliphatic heterocycles. The summed E-state index contributed by atoms with van der Waals surface area (Å²) in [5, 5.41) is 2.91. The van der Waals surface area contributed by atoms with Crippen LogP contribution in [-0.4, -0.2) is 18.4 Å². The van der Waals surface area contributed by atoms with Gasteiger partial charge in [-0.2, -0.15) is 0 Å². The number of fused-ring (bicyclic) bond motifs is 2. The van der Waals surface area contributed by atoms with Crippen molar-refractivity contribution in [3.63, 3.8) is 0 Å². The molecular formula is C25H24N2O3. The average Bonchev–Trinajstić information content (AvgIpc) is 2.88. The minimum absolute atomic E-state index is 0.0662. The van der Waals surface area contributed by atoms with E-state index in [0.29, 0.717) is 35.7 Å². The number of carbonyl (C=O) groups excluding carboxylic acids is 2. The summed E-state index contributed by atoms with van der Waals surface area (Å²) in [7, 11) is 0. The van der Waals surface area contributed by atoms with Crippen LogP contribution in [0.4, 0.5) is 11.4 Å². The first kappa shape index (κ1) is 19.7. The molecule has 1 aliphatic rings. The first-order chi connectivity index (χ1) is 14.7. The second kappa shape index (κ2) is 8.82. The van der Waals surface area contributed by atoms with Crippen LogP contribution in [0, 0.1) is 0 Å². The molecule has 3 aromatic rings. The van der Waals surface area contributed by atoms with Crippen LogP contribution in [0.1, 0.15) is 35.7 Å². The summed E-state index contributed by atoms with van der Waals surface area (Å²) in [6.07, 6.45) is 2.04. The van der Waals surface area contributed by atoms with Gasteiger partial charge in [-0.3, -0.25) is 9.59 Å². The predicted octanol–water partition coefficient (Wildman–Crippen LogP) is 5.42. The van der Waals surface area contributed by atoms with Crippen molar-refractivity contribution in [3.05, 3.63) is 83.9 Å². The zero-order chi connectivity index (χ0) is 20.9. The highest BCUT2D eigenvalue weighted by Crippen LogP contribution is 2.39. The summed E-state index contributed by atoms with van der Waals surface area (Å²) >= 11 is 0. The normalized spacial score (nSPS) is 12.4. The second-order valence-corrected chi connectivity index (χ2v) is 7.22. The molecule has 5 heteroatoms. The molecule has 1 N–H and O–H groups in total. The van der Waals surface area contributed by atoms with Crippen LogP contribution in [0.5, 0.6) is 11.5 Å². The summed E-state index contributed by atoms with van der Waals surface area (Å²) in [6.45, 7) is 2.45. The maximum absolute atomic E-state index is 13.1.